The normalized spacial score (nSPS) is 12.1. The molecule has 1 N–H and O–H groups in total. The third kappa shape index (κ3) is 4.19. The van der Waals surface area contributed by atoms with Crippen molar-refractivity contribution >= 4 is 34.2 Å². The Hall–Kier alpha value is -3.72. The number of ether oxygens (including phenoxy) is 1. The second-order valence-corrected chi connectivity index (χ2v) is 8.20. The van der Waals surface area contributed by atoms with Crippen LogP contribution in [-0.4, -0.2) is 37.4 Å². The number of benzene rings is 1. The van der Waals surface area contributed by atoms with Crippen molar-refractivity contribution in [2.24, 2.45) is 14.1 Å². The lowest BCUT2D eigenvalue weighted by Crippen LogP contribution is -2.22. The Balaban J connectivity index is 1.87. The summed E-state index contributed by atoms with van der Waals surface area (Å²) >= 11 is 5.98. The Morgan fingerprint density at radius 3 is 2.61 bits per heavy atom. The maximum atomic E-state index is 13.2. The van der Waals surface area contributed by atoms with E-state index in [1.165, 1.54) is 11.7 Å². The van der Waals surface area contributed by atoms with Crippen LogP contribution in [0.1, 0.15) is 34.6 Å². The van der Waals surface area contributed by atoms with E-state index < -0.39 is 5.97 Å². The fourth-order valence-corrected chi connectivity index (χ4v) is 3.91. The van der Waals surface area contributed by atoms with Crippen molar-refractivity contribution in [2.75, 3.05) is 12.4 Å². The fraction of sp³-hybridized carbons (Fsp3) is 0.261. The number of anilines is 1. The molecule has 0 fully saturated rings. The molecule has 0 spiro atoms. The highest BCUT2D eigenvalue weighted by Crippen LogP contribution is 2.29. The highest BCUT2D eigenvalue weighted by atomic mass is 35.5. The average molecular weight is 467 g/mol. The first-order chi connectivity index (χ1) is 15.7. The van der Waals surface area contributed by atoms with Crippen LogP contribution in [0.2, 0.25) is 5.15 Å². The first kappa shape index (κ1) is 22.5. The zero-order valence-electron chi connectivity index (χ0n) is 18.9. The maximum absolute atomic E-state index is 13.2. The number of fused-ring (bicyclic) bond motifs is 1. The molecule has 33 heavy (non-hydrogen) atoms. The maximum Gasteiger partial charge on any atom is 0.358 e. The van der Waals surface area contributed by atoms with Gasteiger partial charge in [-0.2, -0.15) is 5.10 Å². The number of aromatic nitrogens is 5. The first-order valence-corrected chi connectivity index (χ1v) is 10.6. The Morgan fingerprint density at radius 2 is 1.94 bits per heavy atom. The van der Waals surface area contributed by atoms with Crippen LogP contribution in [0.5, 0.6) is 0 Å². The standard InChI is InChI=1S/C23H23ClN6O3/c1-12-10-14(13(2)25-16-6-7-18(24)26-20(16)23(32)33-5)19-15(11-12)22(31)30(4)21(27-19)17-8-9-29(3)28-17/h6-11,13,25H,1-5H3/t13-/m1/s1. The van der Waals surface area contributed by atoms with Gasteiger partial charge in [-0.15, -0.1) is 0 Å². The summed E-state index contributed by atoms with van der Waals surface area (Å²) < 4.78 is 8.00. The highest BCUT2D eigenvalue weighted by molar-refractivity contribution is 6.29. The summed E-state index contributed by atoms with van der Waals surface area (Å²) in [5, 5.41) is 8.38. The van der Waals surface area contributed by atoms with Gasteiger partial charge in [-0.05, 0) is 43.7 Å². The van der Waals surface area contributed by atoms with Crippen LogP contribution >= 0.6 is 11.6 Å². The predicted molar refractivity (Wildman–Crippen MR) is 127 cm³/mol. The summed E-state index contributed by atoms with van der Waals surface area (Å²) in [5.74, 6) is -0.139. The molecule has 10 heteroatoms. The van der Waals surface area contributed by atoms with E-state index in [2.05, 4.69) is 15.4 Å². The fourth-order valence-electron chi connectivity index (χ4n) is 3.76. The molecule has 0 aliphatic carbocycles. The van der Waals surface area contributed by atoms with E-state index in [1.807, 2.05) is 39.1 Å². The van der Waals surface area contributed by atoms with E-state index in [0.717, 1.165) is 11.1 Å². The lowest BCUT2D eigenvalue weighted by Gasteiger charge is -2.20. The number of carbonyl (C=O) groups is 1. The molecule has 1 aromatic carbocycles. The van der Waals surface area contributed by atoms with E-state index in [4.69, 9.17) is 21.3 Å². The van der Waals surface area contributed by atoms with Crippen molar-refractivity contribution < 1.29 is 9.53 Å². The molecule has 0 saturated heterocycles. The number of rotatable bonds is 5. The molecule has 0 aliphatic heterocycles. The van der Waals surface area contributed by atoms with Crippen molar-refractivity contribution in [3.63, 3.8) is 0 Å². The number of hydrogen-bond donors (Lipinski definition) is 1. The lowest BCUT2D eigenvalue weighted by molar-refractivity contribution is 0.0595. The summed E-state index contributed by atoms with van der Waals surface area (Å²) in [6.45, 7) is 3.84. The summed E-state index contributed by atoms with van der Waals surface area (Å²) in [6, 6.07) is 8.54. The van der Waals surface area contributed by atoms with Gasteiger partial charge in [-0.25, -0.2) is 14.8 Å². The number of methoxy groups -OCH3 is 1. The Kier molecular flexibility index (Phi) is 5.90. The van der Waals surface area contributed by atoms with Gasteiger partial charge in [0.1, 0.15) is 10.8 Å². The number of aryl methyl sites for hydroxylation is 2. The molecule has 0 bridgehead atoms. The second kappa shape index (κ2) is 8.67. The Morgan fingerprint density at radius 1 is 1.18 bits per heavy atom. The van der Waals surface area contributed by atoms with E-state index in [-0.39, 0.29) is 22.4 Å². The van der Waals surface area contributed by atoms with Crippen molar-refractivity contribution in [3.05, 3.63) is 68.9 Å². The summed E-state index contributed by atoms with van der Waals surface area (Å²) in [5.41, 5.74) is 3.24. The number of nitrogens with one attached hydrogen (secondary N) is 1. The minimum atomic E-state index is -0.606. The smallest absolute Gasteiger partial charge is 0.358 e. The molecule has 0 radical (unpaired) electrons. The van der Waals surface area contributed by atoms with E-state index in [9.17, 15) is 9.59 Å². The molecular formula is C23H23ClN6O3. The Labute approximate surface area is 195 Å². The largest absolute Gasteiger partial charge is 0.464 e. The first-order valence-electron chi connectivity index (χ1n) is 10.2. The number of carbonyl (C=O) groups excluding carboxylic acids is 1. The van der Waals surface area contributed by atoms with Gasteiger partial charge in [0, 0.05) is 25.9 Å². The number of esters is 1. The molecule has 1 atom stereocenters. The molecule has 4 rings (SSSR count). The molecule has 0 unspecified atom stereocenters. The SMILES string of the molecule is COC(=O)c1nc(Cl)ccc1N[C@H](C)c1cc(C)cc2c(=O)n(C)c(-c3ccn(C)n3)nc12. The summed E-state index contributed by atoms with van der Waals surface area (Å²) in [6.07, 6.45) is 1.80. The van der Waals surface area contributed by atoms with Gasteiger partial charge in [0.15, 0.2) is 11.5 Å². The van der Waals surface area contributed by atoms with Crippen molar-refractivity contribution in [3.8, 4) is 11.5 Å². The minimum absolute atomic E-state index is 0.0758. The van der Waals surface area contributed by atoms with Crippen LogP contribution in [-0.2, 0) is 18.8 Å². The highest BCUT2D eigenvalue weighted by Gasteiger charge is 2.21. The summed E-state index contributed by atoms with van der Waals surface area (Å²) in [7, 11) is 4.78. The zero-order valence-corrected chi connectivity index (χ0v) is 19.6. The van der Waals surface area contributed by atoms with E-state index in [1.54, 1.807) is 30.1 Å². The minimum Gasteiger partial charge on any atom is -0.464 e. The second-order valence-electron chi connectivity index (χ2n) is 7.81. The monoisotopic (exact) mass is 466 g/mol. The van der Waals surface area contributed by atoms with Crippen LogP contribution in [0.25, 0.3) is 22.4 Å². The third-order valence-electron chi connectivity index (χ3n) is 5.38. The lowest BCUT2D eigenvalue weighted by atomic mass is 10.0. The number of hydrogen-bond acceptors (Lipinski definition) is 7. The van der Waals surface area contributed by atoms with Crippen LogP contribution < -0.4 is 10.9 Å². The molecule has 3 heterocycles. The molecule has 0 aliphatic rings. The number of nitrogens with zero attached hydrogens (tertiary/aromatic N) is 5. The quantitative estimate of drug-likeness (QED) is 0.353. The Bertz CT molecular complexity index is 1440. The van der Waals surface area contributed by atoms with Gasteiger partial charge in [-0.1, -0.05) is 17.7 Å². The molecular weight excluding hydrogens is 444 g/mol. The van der Waals surface area contributed by atoms with Crippen LogP contribution in [0.3, 0.4) is 0 Å². The van der Waals surface area contributed by atoms with E-state index in [0.29, 0.717) is 28.1 Å². The number of halogens is 1. The molecule has 0 saturated carbocycles. The van der Waals surface area contributed by atoms with Crippen LogP contribution in [0.4, 0.5) is 5.69 Å². The molecule has 4 aromatic rings. The number of pyridine rings is 1. The molecule has 170 valence electrons. The van der Waals surface area contributed by atoms with Crippen molar-refractivity contribution in [1.29, 1.82) is 0 Å². The third-order valence-corrected chi connectivity index (χ3v) is 5.59. The topological polar surface area (TPSA) is 104 Å². The van der Waals surface area contributed by atoms with Gasteiger partial charge < -0.3 is 10.1 Å². The van der Waals surface area contributed by atoms with E-state index >= 15 is 0 Å². The van der Waals surface area contributed by atoms with Gasteiger partial charge in [0.2, 0.25) is 0 Å². The summed E-state index contributed by atoms with van der Waals surface area (Å²) in [4.78, 5) is 34.4. The zero-order chi connectivity index (χ0) is 23.9. The average Bonchev–Trinajstić information content (AvgIpc) is 3.22. The molecule has 9 nitrogen and oxygen atoms in total. The van der Waals surface area contributed by atoms with Crippen molar-refractivity contribution in [2.45, 2.75) is 19.9 Å². The van der Waals surface area contributed by atoms with Crippen molar-refractivity contribution in [1.82, 2.24) is 24.3 Å². The van der Waals surface area contributed by atoms with Crippen LogP contribution in [0, 0.1) is 6.92 Å². The molecule has 3 aromatic heterocycles. The van der Waals surface area contributed by atoms with Gasteiger partial charge in [-0.3, -0.25) is 14.0 Å². The van der Waals surface area contributed by atoms with Gasteiger partial charge in [0.05, 0.1) is 29.7 Å². The van der Waals surface area contributed by atoms with Gasteiger partial charge in [0.25, 0.3) is 5.56 Å². The van der Waals surface area contributed by atoms with Crippen LogP contribution in [0.15, 0.2) is 41.3 Å². The van der Waals surface area contributed by atoms with Gasteiger partial charge >= 0.3 is 5.97 Å². The predicted octanol–water partition coefficient (Wildman–Crippen LogP) is 3.65. The molecule has 0 amide bonds.